The van der Waals surface area contributed by atoms with Crippen molar-refractivity contribution in [3.63, 3.8) is 0 Å². The van der Waals surface area contributed by atoms with Gasteiger partial charge in [-0.05, 0) is 42.8 Å². The largest absolute Gasteiger partial charge is 0.237 e. The van der Waals surface area contributed by atoms with Gasteiger partial charge in [-0.25, -0.2) is 5.01 Å². The molecule has 4 heteroatoms. The predicted molar refractivity (Wildman–Crippen MR) is 89.7 cm³/mol. The van der Waals surface area contributed by atoms with Crippen LogP contribution in [0.15, 0.2) is 64.2 Å². The number of anilines is 2. The number of halogens is 1. The molecule has 2 aromatic rings. The molecule has 2 aliphatic heterocycles. The monoisotopic (exact) mass is 339 g/mol. The van der Waals surface area contributed by atoms with Gasteiger partial charge in [0, 0.05) is 16.3 Å². The minimum Gasteiger partial charge on any atom is -0.237 e. The Hall–Kier alpha value is -2.07. The van der Waals surface area contributed by atoms with Gasteiger partial charge in [0.25, 0.3) is 0 Å². The Labute approximate surface area is 132 Å². The van der Waals surface area contributed by atoms with Crippen LogP contribution < -0.4 is 5.01 Å². The Balaban J connectivity index is 1.89. The third-order valence-corrected chi connectivity index (χ3v) is 4.78. The molecule has 3 nitrogen and oxygen atoms in total. The molecule has 104 valence electrons. The average molecular weight is 340 g/mol. The summed E-state index contributed by atoms with van der Waals surface area (Å²) in [4.78, 5) is 0. The van der Waals surface area contributed by atoms with E-state index in [0.717, 1.165) is 10.2 Å². The van der Waals surface area contributed by atoms with Crippen LogP contribution >= 0.6 is 15.9 Å². The highest BCUT2D eigenvalue weighted by atomic mass is 79.9. The molecule has 0 amide bonds. The number of nitrogens with zero attached hydrogens (tertiary/aromatic N) is 3. The zero-order valence-corrected chi connectivity index (χ0v) is 13.2. The first-order valence-electron chi connectivity index (χ1n) is 6.91. The van der Waals surface area contributed by atoms with Crippen LogP contribution in [0.4, 0.5) is 11.4 Å². The summed E-state index contributed by atoms with van der Waals surface area (Å²) in [5.41, 5.74) is 4.81. The van der Waals surface area contributed by atoms with Gasteiger partial charge < -0.3 is 0 Å². The van der Waals surface area contributed by atoms with Gasteiger partial charge in [0.1, 0.15) is 6.04 Å². The van der Waals surface area contributed by atoms with E-state index in [1.807, 2.05) is 17.4 Å². The van der Waals surface area contributed by atoms with Crippen molar-refractivity contribution in [2.45, 2.75) is 13.0 Å². The van der Waals surface area contributed by atoms with Crippen LogP contribution in [0.5, 0.6) is 0 Å². The van der Waals surface area contributed by atoms with Crippen molar-refractivity contribution in [3.05, 3.63) is 70.2 Å². The number of allylic oxidation sites excluding steroid dienone is 1. The fourth-order valence-electron chi connectivity index (χ4n) is 2.87. The second kappa shape index (κ2) is 4.74. The van der Waals surface area contributed by atoms with Gasteiger partial charge in [-0.2, -0.15) is 10.2 Å². The molecule has 2 aliphatic rings. The highest BCUT2D eigenvalue weighted by Gasteiger charge is 2.35. The van der Waals surface area contributed by atoms with Crippen LogP contribution in [0.2, 0.25) is 0 Å². The van der Waals surface area contributed by atoms with Gasteiger partial charge in [0.2, 0.25) is 0 Å². The Bertz CT molecular complexity index is 766. The predicted octanol–water partition coefficient (Wildman–Crippen LogP) is 4.72. The fourth-order valence-corrected chi connectivity index (χ4v) is 3.12. The lowest BCUT2D eigenvalue weighted by molar-refractivity contribution is 0.269. The lowest BCUT2D eigenvalue weighted by Gasteiger charge is -2.31. The van der Waals surface area contributed by atoms with Crippen molar-refractivity contribution in [1.82, 2.24) is 5.12 Å². The van der Waals surface area contributed by atoms with E-state index in [-0.39, 0.29) is 6.04 Å². The second-order valence-corrected chi connectivity index (χ2v) is 6.07. The first kappa shape index (κ1) is 12.7. The smallest absolute Gasteiger partial charge is 0.115 e. The topological polar surface area (TPSA) is 18.8 Å². The molecule has 0 N–H and O–H groups in total. The Morgan fingerprint density at radius 3 is 2.86 bits per heavy atom. The molecule has 0 bridgehead atoms. The molecule has 0 saturated carbocycles. The van der Waals surface area contributed by atoms with Crippen molar-refractivity contribution < 1.29 is 0 Å². The fraction of sp³-hybridized carbons (Fsp3) is 0.118. The minimum atomic E-state index is 0.176. The van der Waals surface area contributed by atoms with Crippen molar-refractivity contribution in [1.29, 1.82) is 0 Å². The molecule has 4 rings (SSSR count). The van der Waals surface area contributed by atoms with Crippen molar-refractivity contribution in [2.75, 3.05) is 5.01 Å². The molecule has 21 heavy (non-hydrogen) atoms. The summed E-state index contributed by atoms with van der Waals surface area (Å²) < 4.78 is 1.12. The number of aryl methyl sites for hydroxylation is 1. The maximum absolute atomic E-state index is 4.55. The van der Waals surface area contributed by atoms with Crippen LogP contribution in [0.1, 0.15) is 17.2 Å². The second-order valence-electron chi connectivity index (χ2n) is 5.22. The first-order chi connectivity index (χ1) is 10.3. The minimum absolute atomic E-state index is 0.176. The number of fused-ring (bicyclic) bond motifs is 3. The van der Waals surface area contributed by atoms with E-state index < -0.39 is 0 Å². The lowest BCUT2D eigenvalue weighted by atomic mass is 10.1. The molecule has 0 aliphatic carbocycles. The number of hydrazine groups is 1. The highest BCUT2D eigenvalue weighted by Crippen LogP contribution is 2.46. The standard InChI is InChI=1S/C17H14BrN3/c1-12-11-13(8-9-15(12)18)20-16-6-3-2-5-14(16)17-7-4-10-19-21(17)20/h2-11,17H,1H3. The molecular weight excluding hydrogens is 326 g/mol. The zero-order chi connectivity index (χ0) is 14.4. The summed E-state index contributed by atoms with van der Waals surface area (Å²) in [5.74, 6) is 0. The van der Waals surface area contributed by atoms with E-state index in [1.54, 1.807) is 0 Å². The van der Waals surface area contributed by atoms with Crippen LogP contribution in [-0.4, -0.2) is 11.3 Å². The molecule has 0 saturated heterocycles. The summed E-state index contributed by atoms with van der Waals surface area (Å²) in [5, 5.41) is 8.77. The van der Waals surface area contributed by atoms with E-state index in [0.29, 0.717) is 0 Å². The van der Waals surface area contributed by atoms with Gasteiger partial charge in [0.15, 0.2) is 0 Å². The quantitative estimate of drug-likeness (QED) is 0.748. The third kappa shape index (κ3) is 1.90. The summed E-state index contributed by atoms with van der Waals surface area (Å²) in [6, 6.07) is 15.0. The SMILES string of the molecule is Cc1cc(N2c3ccccc3C3C=CC=NN32)ccc1Br. The third-order valence-electron chi connectivity index (χ3n) is 3.89. The van der Waals surface area contributed by atoms with Gasteiger partial charge in [0.05, 0.1) is 11.4 Å². The lowest BCUT2D eigenvalue weighted by Crippen LogP contribution is -2.32. The van der Waals surface area contributed by atoms with Gasteiger partial charge in [-0.1, -0.05) is 40.2 Å². The zero-order valence-electron chi connectivity index (χ0n) is 11.6. The van der Waals surface area contributed by atoms with E-state index >= 15 is 0 Å². The van der Waals surface area contributed by atoms with E-state index in [9.17, 15) is 0 Å². The number of hydrogen-bond donors (Lipinski definition) is 0. The summed E-state index contributed by atoms with van der Waals surface area (Å²) in [7, 11) is 0. The van der Waals surface area contributed by atoms with Gasteiger partial charge in [-0.15, -0.1) is 0 Å². The number of hydrogen-bond acceptors (Lipinski definition) is 3. The number of hydrazone groups is 1. The molecule has 2 heterocycles. The van der Waals surface area contributed by atoms with Crippen molar-refractivity contribution >= 4 is 33.5 Å². The van der Waals surface area contributed by atoms with Crippen LogP contribution in [-0.2, 0) is 0 Å². The van der Waals surface area contributed by atoms with Crippen molar-refractivity contribution in [2.24, 2.45) is 5.10 Å². The molecule has 1 atom stereocenters. The molecule has 1 unspecified atom stereocenters. The van der Waals surface area contributed by atoms with E-state index in [2.05, 4.69) is 81.5 Å². The van der Waals surface area contributed by atoms with Gasteiger partial charge >= 0.3 is 0 Å². The summed E-state index contributed by atoms with van der Waals surface area (Å²) in [6.07, 6.45) is 6.02. The molecule has 2 aromatic carbocycles. The number of benzene rings is 2. The van der Waals surface area contributed by atoms with Crippen LogP contribution in [0, 0.1) is 6.92 Å². The van der Waals surface area contributed by atoms with Crippen molar-refractivity contribution in [3.8, 4) is 0 Å². The van der Waals surface area contributed by atoms with Crippen LogP contribution in [0.3, 0.4) is 0 Å². The summed E-state index contributed by atoms with van der Waals surface area (Å²) >= 11 is 3.57. The van der Waals surface area contributed by atoms with E-state index in [4.69, 9.17) is 0 Å². The van der Waals surface area contributed by atoms with E-state index in [1.165, 1.54) is 16.8 Å². The normalized spacial score (nSPS) is 18.9. The molecule has 0 aromatic heterocycles. The maximum Gasteiger partial charge on any atom is 0.115 e. The Kier molecular flexibility index (Phi) is 2.86. The first-order valence-corrected chi connectivity index (χ1v) is 7.70. The Morgan fingerprint density at radius 2 is 2.00 bits per heavy atom. The molecule has 0 radical (unpaired) electrons. The number of para-hydroxylation sites is 1. The average Bonchev–Trinajstić information content (AvgIpc) is 2.85. The van der Waals surface area contributed by atoms with Gasteiger partial charge in [-0.3, -0.25) is 0 Å². The molecular formula is C17H14BrN3. The summed E-state index contributed by atoms with van der Waals surface area (Å²) in [6.45, 7) is 2.10. The number of rotatable bonds is 1. The highest BCUT2D eigenvalue weighted by molar-refractivity contribution is 9.10. The Morgan fingerprint density at radius 1 is 1.14 bits per heavy atom. The molecule has 0 fully saturated rings. The maximum atomic E-state index is 4.55. The van der Waals surface area contributed by atoms with Crippen LogP contribution in [0.25, 0.3) is 0 Å². The molecule has 0 spiro atoms.